The van der Waals surface area contributed by atoms with Gasteiger partial charge in [-0.3, -0.25) is 0 Å². The Morgan fingerprint density at radius 2 is 1.57 bits per heavy atom. The molecule has 21 heavy (non-hydrogen) atoms. The molecule has 8 heteroatoms. The summed E-state index contributed by atoms with van der Waals surface area (Å²) in [5, 5.41) is 2.77. The van der Waals surface area contributed by atoms with Crippen molar-refractivity contribution in [2.24, 2.45) is 0 Å². The highest BCUT2D eigenvalue weighted by atomic mass is 19.4. The van der Waals surface area contributed by atoms with E-state index in [1.807, 2.05) is 27.7 Å². The predicted molar refractivity (Wildman–Crippen MR) is 72.8 cm³/mol. The fraction of sp³-hybridized carbons (Fsp3) is 0.538. The standard InChI is InChI=1S/C13H17BF3NO3/c1-11(2)12(3,4)21-14(20-11)18-9-7-5-6-8-10(9)19-13(15,16)17/h5-8,18H,1-4H3. The highest BCUT2D eigenvalue weighted by Gasteiger charge is 2.52. The number of para-hydroxylation sites is 2. The van der Waals surface area contributed by atoms with Crippen LogP contribution < -0.4 is 9.96 Å². The van der Waals surface area contributed by atoms with Crippen LogP contribution in [0.15, 0.2) is 24.3 Å². The van der Waals surface area contributed by atoms with Crippen LogP contribution in [-0.2, 0) is 9.31 Å². The van der Waals surface area contributed by atoms with Gasteiger partial charge in [0.05, 0.1) is 16.9 Å². The second-order valence-corrected chi connectivity index (χ2v) is 5.78. The van der Waals surface area contributed by atoms with Crippen LogP contribution in [0.5, 0.6) is 5.75 Å². The Kier molecular flexibility index (Phi) is 3.88. The minimum Gasteiger partial charge on any atom is -0.404 e. The van der Waals surface area contributed by atoms with E-state index in [2.05, 4.69) is 9.96 Å². The van der Waals surface area contributed by atoms with Gasteiger partial charge >= 0.3 is 13.6 Å². The van der Waals surface area contributed by atoms with Crippen LogP contribution in [0.4, 0.5) is 18.9 Å². The van der Waals surface area contributed by atoms with Crippen LogP contribution >= 0.6 is 0 Å². The summed E-state index contributed by atoms with van der Waals surface area (Å²) in [6.07, 6.45) is -4.76. The minimum absolute atomic E-state index is 0.147. The largest absolute Gasteiger partial charge is 0.591 e. The Morgan fingerprint density at radius 1 is 1.05 bits per heavy atom. The molecule has 116 valence electrons. The van der Waals surface area contributed by atoms with Gasteiger partial charge in [-0.05, 0) is 39.8 Å². The summed E-state index contributed by atoms with van der Waals surface area (Å²) in [7, 11) is -0.854. The molecule has 1 fully saturated rings. The maximum absolute atomic E-state index is 12.4. The lowest BCUT2D eigenvalue weighted by atomic mass is 9.90. The summed E-state index contributed by atoms with van der Waals surface area (Å²) in [6, 6.07) is 5.74. The lowest BCUT2D eigenvalue weighted by Gasteiger charge is -2.32. The Bertz CT molecular complexity index is 504. The average molecular weight is 303 g/mol. The van der Waals surface area contributed by atoms with Gasteiger partial charge in [0.15, 0.2) is 5.75 Å². The van der Waals surface area contributed by atoms with Gasteiger partial charge in [0, 0.05) is 0 Å². The van der Waals surface area contributed by atoms with Crippen LogP contribution in [0.25, 0.3) is 0 Å². The van der Waals surface area contributed by atoms with Gasteiger partial charge in [-0.2, -0.15) is 0 Å². The van der Waals surface area contributed by atoms with E-state index in [1.165, 1.54) is 18.2 Å². The van der Waals surface area contributed by atoms with Crippen LogP contribution in [0.1, 0.15) is 27.7 Å². The molecule has 0 atom stereocenters. The molecule has 0 unspecified atom stereocenters. The molecule has 1 heterocycles. The van der Waals surface area contributed by atoms with Gasteiger partial charge in [-0.1, -0.05) is 12.1 Å². The van der Waals surface area contributed by atoms with E-state index in [0.717, 1.165) is 0 Å². The summed E-state index contributed by atoms with van der Waals surface area (Å²) in [4.78, 5) is 0. The molecule has 1 saturated heterocycles. The third-order valence-electron chi connectivity index (χ3n) is 3.64. The lowest BCUT2D eigenvalue weighted by Crippen LogP contribution is -2.41. The van der Waals surface area contributed by atoms with Crippen molar-refractivity contribution in [2.45, 2.75) is 45.3 Å². The van der Waals surface area contributed by atoms with E-state index in [1.54, 1.807) is 6.07 Å². The van der Waals surface area contributed by atoms with Crippen molar-refractivity contribution in [3.8, 4) is 5.75 Å². The maximum atomic E-state index is 12.4. The van der Waals surface area contributed by atoms with Gasteiger partial charge in [0.25, 0.3) is 0 Å². The Hall–Kier alpha value is -1.41. The number of nitrogens with one attached hydrogen (secondary N) is 1. The maximum Gasteiger partial charge on any atom is 0.591 e. The van der Waals surface area contributed by atoms with Crippen molar-refractivity contribution < 1.29 is 27.2 Å². The Labute approximate surface area is 121 Å². The van der Waals surface area contributed by atoms with Gasteiger partial charge in [0.1, 0.15) is 0 Å². The first-order valence-corrected chi connectivity index (χ1v) is 6.47. The van der Waals surface area contributed by atoms with Gasteiger partial charge in [-0.15, -0.1) is 13.2 Å². The van der Waals surface area contributed by atoms with Gasteiger partial charge < -0.3 is 19.3 Å². The smallest absolute Gasteiger partial charge is 0.404 e. The van der Waals surface area contributed by atoms with Crippen molar-refractivity contribution in [1.82, 2.24) is 0 Å². The molecule has 4 nitrogen and oxygen atoms in total. The topological polar surface area (TPSA) is 39.7 Å². The zero-order valence-electron chi connectivity index (χ0n) is 12.2. The van der Waals surface area contributed by atoms with Crippen molar-refractivity contribution in [3.05, 3.63) is 24.3 Å². The SMILES string of the molecule is CC1(C)OB(Nc2ccccc2OC(F)(F)F)OC1(C)C. The molecule has 1 aromatic carbocycles. The van der Waals surface area contributed by atoms with Crippen LogP contribution in [-0.4, -0.2) is 24.8 Å². The first-order chi connectivity index (χ1) is 9.50. The second kappa shape index (κ2) is 5.10. The summed E-state index contributed by atoms with van der Waals surface area (Å²) >= 11 is 0. The quantitative estimate of drug-likeness (QED) is 0.866. The lowest BCUT2D eigenvalue weighted by molar-refractivity contribution is -0.274. The Morgan fingerprint density at radius 3 is 2.10 bits per heavy atom. The second-order valence-electron chi connectivity index (χ2n) is 5.78. The molecular weight excluding hydrogens is 286 g/mol. The molecule has 0 bridgehead atoms. The number of hydrogen-bond donors (Lipinski definition) is 1. The third kappa shape index (κ3) is 3.62. The van der Waals surface area contributed by atoms with Gasteiger partial charge in [-0.25, -0.2) is 0 Å². The number of halogens is 3. The molecule has 1 aliphatic rings. The molecular formula is C13H17BF3NO3. The molecule has 0 aromatic heterocycles. The summed E-state index contributed by atoms with van der Waals surface area (Å²) in [6.45, 7) is 7.42. The molecule has 1 aliphatic heterocycles. The molecule has 2 rings (SSSR count). The van der Waals surface area contributed by atoms with E-state index >= 15 is 0 Å². The molecule has 1 aromatic rings. The molecule has 0 saturated carbocycles. The average Bonchev–Trinajstić information content (AvgIpc) is 2.48. The van der Waals surface area contributed by atoms with Crippen molar-refractivity contribution in [3.63, 3.8) is 0 Å². The number of benzene rings is 1. The highest BCUT2D eigenvalue weighted by molar-refractivity contribution is 6.50. The Balaban J connectivity index is 2.15. The fourth-order valence-electron chi connectivity index (χ4n) is 1.83. The van der Waals surface area contributed by atoms with E-state index in [9.17, 15) is 13.2 Å². The monoisotopic (exact) mass is 303 g/mol. The summed E-state index contributed by atoms with van der Waals surface area (Å²) in [5.41, 5.74) is -1.01. The highest BCUT2D eigenvalue weighted by Crippen LogP contribution is 2.38. The summed E-state index contributed by atoms with van der Waals surface area (Å²) in [5.74, 6) is -0.334. The van der Waals surface area contributed by atoms with Crippen molar-refractivity contribution in [1.29, 1.82) is 0 Å². The third-order valence-corrected chi connectivity index (χ3v) is 3.64. The number of ether oxygens (including phenoxy) is 1. The molecule has 0 amide bonds. The van der Waals surface area contributed by atoms with Crippen LogP contribution in [0, 0.1) is 0 Å². The number of anilines is 1. The molecule has 0 radical (unpaired) electrons. The van der Waals surface area contributed by atoms with E-state index < -0.39 is 24.8 Å². The van der Waals surface area contributed by atoms with E-state index in [4.69, 9.17) is 9.31 Å². The molecule has 0 aliphatic carbocycles. The zero-order valence-corrected chi connectivity index (χ0v) is 12.2. The zero-order chi connectivity index (χ0) is 15.9. The van der Waals surface area contributed by atoms with Crippen LogP contribution in [0.3, 0.4) is 0 Å². The molecule has 1 N–H and O–H groups in total. The van der Waals surface area contributed by atoms with Crippen molar-refractivity contribution >= 4 is 12.9 Å². The van der Waals surface area contributed by atoms with E-state index in [0.29, 0.717) is 0 Å². The number of rotatable bonds is 3. The number of alkyl halides is 3. The van der Waals surface area contributed by atoms with Gasteiger partial charge in [0.2, 0.25) is 0 Å². The van der Waals surface area contributed by atoms with Crippen molar-refractivity contribution in [2.75, 3.05) is 5.23 Å². The van der Waals surface area contributed by atoms with Crippen LogP contribution in [0.2, 0.25) is 0 Å². The first kappa shape index (κ1) is 16.0. The normalized spacial score (nSPS) is 20.4. The van der Waals surface area contributed by atoms with E-state index in [-0.39, 0.29) is 11.4 Å². The minimum atomic E-state index is -4.76. The molecule has 0 spiro atoms. The number of hydrogen-bond acceptors (Lipinski definition) is 4. The first-order valence-electron chi connectivity index (χ1n) is 6.47. The predicted octanol–water partition coefficient (Wildman–Crippen LogP) is 3.59. The summed E-state index contributed by atoms with van der Waals surface area (Å²) < 4.78 is 52.4. The fourth-order valence-corrected chi connectivity index (χ4v) is 1.83.